The molecule has 11 heavy (non-hydrogen) atoms. The van der Waals surface area contributed by atoms with Crippen LogP contribution in [0, 0.1) is 0 Å². The van der Waals surface area contributed by atoms with Crippen molar-refractivity contribution in [3.63, 3.8) is 0 Å². The largest absolute Gasteiger partial charge is 0.410 e. The molecule has 7 heteroatoms. The third-order valence-electron chi connectivity index (χ3n) is 1.30. The zero-order chi connectivity index (χ0) is 8.48. The van der Waals surface area contributed by atoms with Crippen molar-refractivity contribution in [2.24, 2.45) is 5.16 Å². The first-order valence-corrected chi connectivity index (χ1v) is 5.99. The van der Waals surface area contributed by atoms with Crippen LogP contribution in [0.2, 0.25) is 0 Å². The fraction of sp³-hybridized carbons (Fsp3) is 0.750. The third kappa shape index (κ3) is 2.00. The summed E-state index contributed by atoms with van der Waals surface area (Å²) in [5.41, 5.74) is 0. The molecule has 1 saturated heterocycles. The number of rotatable bonds is 0. The van der Waals surface area contributed by atoms with E-state index in [0.717, 1.165) is 0 Å². The Balaban J connectivity index is 2.92. The van der Waals surface area contributed by atoms with Crippen LogP contribution in [0.15, 0.2) is 5.16 Å². The molecule has 1 unspecified atom stereocenters. The Kier molecular flexibility index (Phi) is 2.28. The molecule has 0 aromatic carbocycles. The second-order valence-electron chi connectivity index (χ2n) is 2.14. The normalized spacial score (nSPS) is 33.8. The molecule has 5 nitrogen and oxygen atoms in total. The Bertz CT molecular complexity index is 304. The van der Waals surface area contributed by atoms with Gasteiger partial charge in [0, 0.05) is 5.75 Å². The van der Waals surface area contributed by atoms with Crippen molar-refractivity contribution >= 4 is 25.7 Å². The van der Waals surface area contributed by atoms with Gasteiger partial charge in [-0.25, -0.2) is 8.42 Å². The molecule has 0 bridgehead atoms. The highest BCUT2D eigenvalue weighted by Gasteiger charge is 2.26. The average Bonchev–Trinajstić information content (AvgIpc) is 1.94. The molecule has 1 fully saturated rings. The van der Waals surface area contributed by atoms with Crippen LogP contribution in [0.25, 0.3) is 0 Å². The van der Waals surface area contributed by atoms with Gasteiger partial charge in [0.15, 0.2) is 14.9 Å². The van der Waals surface area contributed by atoms with E-state index in [-0.39, 0.29) is 22.3 Å². The summed E-state index contributed by atoms with van der Waals surface area (Å²) in [5, 5.41) is 10.7. The zero-order valence-electron chi connectivity index (χ0n) is 5.56. The second-order valence-corrected chi connectivity index (χ2v) is 5.89. The summed E-state index contributed by atoms with van der Waals surface area (Å²) < 4.78 is 32.5. The van der Waals surface area contributed by atoms with Gasteiger partial charge < -0.3 is 5.21 Å². The summed E-state index contributed by atoms with van der Waals surface area (Å²) in [4.78, 5) is 0. The highest BCUT2D eigenvalue weighted by Crippen LogP contribution is 2.04. The van der Waals surface area contributed by atoms with Crippen molar-refractivity contribution in [2.45, 2.75) is 0 Å². The lowest BCUT2D eigenvalue weighted by molar-refractivity contribution is 0.320. The predicted molar refractivity (Wildman–Crippen MR) is 40.9 cm³/mol. The fourth-order valence-electron chi connectivity index (χ4n) is 0.721. The van der Waals surface area contributed by atoms with E-state index in [0.29, 0.717) is 0 Å². The Hall–Kier alpha value is -0.430. The van der Waals surface area contributed by atoms with Crippen LogP contribution in [-0.2, 0) is 20.6 Å². The van der Waals surface area contributed by atoms with Crippen LogP contribution < -0.4 is 0 Å². The van der Waals surface area contributed by atoms with E-state index in [9.17, 15) is 12.6 Å². The van der Waals surface area contributed by atoms with Crippen LogP contribution in [0.5, 0.6) is 0 Å². The number of oxime groups is 1. The van der Waals surface area contributed by atoms with Gasteiger partial charge in [-0.1, -0.05) is 5.16 Å². The third-order valence-corrected chi connectivity index (χ3v) is 4.60. The molecular weight excluding hydrogens is 190 g/mol. The summed E-state index contributed by atoms with van der Waals surface area (Å²) in [5.74, 6) is -0.420. The van der Waals surface area contributed by atoms with E-state index < -0.39 is 20.6 Å². The molecule has 1 heterocycles. The van der Waals surface area contributed by atoms with E-state index in [1.807, 2.05) is 0 Å². The van der Waals surface area contributed by atoms with Gasteiger partial charge in [0.25, 0.3) is 0 Å². The zero-order valence-corrected chi connectivity index (χ0v) is 7.19. The molecule has 0 aromatic rings. The monoisotopic (exact) mass is 197 g/mol. The Labute approximate surface area is 66.5 Å². The lowest BCUT2D eigenvalue weighted by Crippen LogP contribution is -2.32. The molecule has 1 rings (SSSR count). The summed E-state index contributed by atoms with van der Waals surface area (Å²) in [6.45, 7) is 0. The maximum atomic E-state index is 10.9. The Morgan fingerprint density at radius 2 is 2.18 bits per heavy atom. The minimum Gasteiger partial charge on any atom is -0.410 e. The van der Waals surface area contributed by atoms with Crippen molar-refractivity contribution in [2.75, 3.05) is 17.3 Å². The van der Waals surface area contributed by atoms with Gasteiger partial charge in [-0.2, -0.15) is 0 Å². The molecule has 0 aliphatic carbocycles. The second kappa shape index (κ2) is 2.90. The predicted octanol–water partition coefficient (Wildman–Crippen LogP) is -1.05. The van der Waals surface area contributed by atoms with Crippen molar-refractivity contribution in [3.05, 3.63) is 0 Å². The molecular formula is C4H7NO4S2. The summed E-state index contributed by atoms with van der Waals surface area (Å²) in [7, 11) is -4.56. The molecule has 0 radical (unpaired) electrons. The van der Waals surface area contributed by atoms with E-state index in [2.05, 4.69) is 5.16 Å². The number of hydrogen-bond donors (Lipinski definition) is 1. The SMILES string of the molecule is O=S1CCS(=O)(=O)CC1=NO. The fourth-order valence-corrected chi connectivity index (χ4v) is 4.31. The quantitative estimate of drug-likeness (QED) is 0.397. The van der Waals surface area contributed by atoms with Gasteiger partial charge in [-0.15, -0.1) is 0 Å². The molecule has 1 atom stereocenters. The van der Waals surface area contributed by atoms with Gasteiger partial charge in [-0.05, 0) is 0 Å². The highest BCUT2D eigenvalue weighted by molar-refractivity contribution is 8.06. The van der Waals surface area contributed by atoms with Gasteiger partial charge in [0.2, 0.25) is 0 Å². The van der Waals surface area contributed by atoms with Crippen LogP contribution in [0.4, 0.5) is 0 Å². The number of sulfone groups is 1. The van der Waals surface area contributed by atoms with Crippen LogP contribution in [0.1, 0.15) is 0 Å². The first kappa shape index (κ1) is 8.66. The van der Waals surface area contributed by atoms with Gasteiger partial charge >= 0.3 is 0 Å². The lowest BCUT2D eigenvalue weighted by Gasteiger charge is -2.10. The van der Waals surface area contributed by atoms with Gasteiger partial charge in [-0.3, -0.25) is 4.21 Å². The molecule has 0 spiro atoms. The topological polar surface area (TPSA) is 83.8 Å². The Morgan fingerprint density at radius 1 is 1.55 bits per heavy atom. The van der Waals surface area contributed by atoms with E-state index in [4.69, 9.17) is 5.21 Å². The summed E-state index contributed by atoms with van der Waals surface area (Å²) in [6.07, 6.45) is 0. The van der Waals surface area contributed by atoms with Gasteiger partial charge in [0.1, 0.15) is 5.75 Å². The molecule has 0 saturated carbocycles. The van der Waals surface area contributed by atoms with Crippen molar-refractivity contribution < 1.29 is 17.8 Å². The minimum atomic E-state index is -3.16. The standard InChI is InChI=1S/C4H7NO4S2/c6-5-4-3-11(8,9)2-1-10(4)7/h6H,1-3H2. The van der Waals surface area contributed by atoms with E-state index in [1.54, 1.807) is 0 Å². The van der Waals surface area contributed by atoms with Crippen LogP contribution in [-0.4, -0.2) is 40.1 Å². The van der Waals surface area contributed by atoms with Crippen molar-refractivity contribution in [1.29, 1.82) is 0 Å². The molecule has 1 aliphatic rings. The molecule has 1 N–H and O–H groups in total. The van der Waals surface area contributed by atoms with Crippen LogP contribution >= 0.6 is 0 Å². The smallest absolute Gasteiger partial charge is 0.158 e. The number of nitrogens with zero attached hydrogens (tertiary/aromatic N) is 1. The first-order chi connectivity index (χ1) is 5.05. The molecule has 0 amide bonds. The summed E-state index contributed by atoms with van der Waals surface area (Å²) in [6, 6.07) is 0. The first-order valence-electron chi connectivity index (χ1n) is 2.85. The van der Waals surface area contributed by atoms with Crippen LogP contribution in [0.3, 0.4) is 0 Å². The van der Waals surface area contributed by atoms with Crippen molar-refractivity contribution in [1.82, 2.24) is 0 Å². The maximum absolute atomic E-state index is 10.9. The highest BCUT2D eigenvalue weighted by atomic mass is 32.2. The van der Waals surface area contributed by atoms with E-state index >= 15 is 0 Å². The number of hydrogen-bond acceptors (Lipinski definition) is 5. The maximum Gasteiger partial charge on any atom is 0.158 e. The average molecular weight is 197 g/mol. The minimum absolute atomic E-state index is 0.0434. The lowest BCUT2D eigenvalue weighted by atomic mass is 10.9. The summed E-state index contributed by atoms with van der Waals surface area (Å²) >= 11 is 0. The van der Waals surface area contributed by atoms with Crippen molar-refractivity contribution in [3.8, 4) is 0 Å². The van der Waals surface area contributed by atoms with Gasteiger partial charge in [0.05, 0.1) is 16.6 Å². The Morgan fingerprint density at radius 3 is 2.64 bits per heavy atom. The molecule has 64 valence electrons. The molecule has 0 aromatic heterocycles. The van der Waals surface area contributed by atoms with E-state index in [1.165, 1.54) is 0 Å². The molecule has 1 aliphatic heterocycles.